The molecule has 168 valence electrons. The number of rotatable bonds is 5. The molecule has 0 bridgehead atoms. The standard InChI is InChI=1S/C25H21Cl2N3O2S/c1-14(2)17-8-10-22-21(12-17)29-24(32-22)16-5-3-15(4-6-16)13-28-25(33)30-23(31)18-7-9-19(26)20(27)11-18/h3-12,14H,13H2,1-2H3,(H2,28,30,31,33). The van der Waals surface area contributed by atoms with E-state index in [0.717, 1.165) is 22.2 Å². The fourth-order valence-corrected chi connectivity index (χ4v) is 3.69. The highest BCUT2D eigenvalue weighted by Gasteiger charge is 2.12. The molecule has 1 aromatic heterocycles. The predicted octanol–water partition coefficient (Wildman–Crippen LogP) is 6.73. The number of amides is 1. The van der Waals surface area contributed by atoms with Gasteiger partial charge in [0.25, 0.3) is 5.91 Å². The first-order valence-electron chi connectivity index (χ1n) is 10.3. The quantitative estimate of drug-likeness (QED) is 0.299. The molecule has 1 amide bonds. The van der Waals surface area contributed by atoms with E-state index in [1.54, 1.807) is 12.1 Å². The van der Waals surface area contributed by atoms with E-state index in [9.17, 15) is 4.79 Å². The van der Waals surface area contributed by atoms with Crippen LogP contribution in [0.4, 0.5) is 0 Å². The van der Waals surface area contributed by atoms with Crippen LogP contribution in [0.15, 0.2) is 65.1 Å². The summed E-state index contributed by atoms with van der Waals surface area (Å²) in [5.41, 5.74) is 5.09. The van der Waals surface area contributed by atoms with Crippen molar-refractivity contribution in [2.45, 2.75) is 26.3 Å². The third-order valence-electron chi connectivity index (χ3n) is 5.14. The number of oxazole rings is 1. The molecule has 5 nitrogen and oxygen atoms in total. The van der Waals surface area contributed by atoms with Crippen molar-refractivity contribution in [3.8, 4) is 11.5 Å². The van der Waals surface area contributed by atoms with E-state index in [4.69, 9.17) is 39.8 Å². The van der Waals surface area contributed by atoms with Crippen LogP contribution in [-0.4, -0.2) is 16.0 Å². The Hall–Kier alpha value is -2.93. The number of benzene rings is 3. The number of fused-ring (bicyclic) bond motifs is 1. The summed E-state index contributed by atoms with van der Waals surface area (Å²) in [7, 11) is 0. The fourth-order valence-electron chi connectivity index (χ4n) is 3.23. The molecule has 1 heterocycles. The van der Waals surface area contributed by atoms with Crippen LogP contribution in [-0.2, 0) is 6.54 Å². The fraction of sp³-hybridized carbons (Fsp3) is 0.160. The molecule has 0 fully saturated rings. The second-order valence-electron chi connectivity index (χ2n) is 7.86. The molecule has 3 aromatic carbocycles. The monoisotopic (exact) mass is 497 g/mol. The first-order chi connectivity index (χ1) is 15.8. The molecule has 4 rings (SSSR count). The Bertz CT molecular complexity index is 1330. The first kappa shape index (κ1) is 23.2. The number of hydrogen-bond donors (Lipinski definition) is 2. The zero-order chi connectivity index (χ0) is 23.5. The van der Waals surface area contributed by atoms with Crippen LogP contribution < -0.4 is 10.6 Å². The van der Waals surface area contributed by atoms with Crippen LogP contribution in [0.5, 0.6) is 0 Å². The molecule has 0 aliphatic rings. The lowest BCUT2D eigenvalue weighted by atomic mass is 10.0. The Labute approximate surface area is 207 Å². The maximum absolute atomic E-state index is 12.3. The van der Waals surface area contributed by atoms with Crippen molar-refractivity contribution < 1.29 is 9.21 Å². The molecule has 33 heavy (non-hydrogen) atoms. The predicted molar refractivity (Wildman–Crippen MR) is 137 cm³/mol. The van der Waals surface area contributed by atoms with E-state index in [-0.39, 0.29) is 11.0 Å². The average molecular weight is 498 g/mol. The van der Waals surface area contributed by atoms with Gasteiger partial charge in [-0.15, -0.1) is 0 Å². The minimum atomic E-state index is -0.363. The van der Waals surface area contributed by atoms with E-state index in [2.05, 4.69) is 41.6 Å². The van der Waals surface area contributed by atoms with Crippen LogP contribution >= 0.6 is 35.4 Å². The van der Waals surface area contributed by atoms with Gasteiger partial charge in [0.1, 0.15) is 5.52 Å². The van der Waals surface area contributed by atoms with Gasteiger partial charge in [-0.25, -0.2) is 4.98 Å². The lowest BCUT2D eigenvalue weighted by Gasteiger charge is -2.10. The van der Waals surface area contributed by atoms with Crippen LogP contribution in [0.25, 0.3) is 22.6 Å². The number of thiocarbonyl (C=S) groups is 1. The second-order valence-corrected chi connectivity index (χ2v) is 9.09. The zero-order valence-corrected chi connectivity index (χ0v) is 20.3. The van der Waals surface area contributed by atoms with Gasteiger partial charge in [0.05, 0.1) is 10.0 Å². The number of carbonyl (C=O) groups is 1. The summed E-state index contributed by atoms with van der Waals surface area (Å²) in [6, 6.07) is 18.6. The second kappa shape index (κ2) is 9.91. The molecule has 0 atom stereocenters. The summed E-state index contributed by atoms with van der Waals surface area (Å²) < 4.78 is 5.92. The molecular weight excluding hydrogens is 477 g/mol. The SMILES string of the molecule is CC(C)c1ccc2oc(-c3ccc(CNC(=S)NC(=O)c4ccc(Cl)c(Cl)c4)cc3)nc2c1. The minimum Gasteiger partial charge on any atom is -0.436 e. The van der Waals surface area contributed by atoms with Crippen molar-refractivity contribution >= 4 is 57.5 Å². The van der Waals surface area contributed by atoms with Gasteiger partial charge in [0.2, 0.25) is 5.89 Å². The number of carbonyl (C=O) groups excluding carboxylic acids is 1. The smallest absolute Gasteiger partial charge is 0.257 e. The molecule has 0 spiro atoms. The van der Waals surface area contributed by atoms with Gasteiger partial charge in [-0.2, -0.15) is 0 Å². The molecular formula is C25H21Cl2N3O2S. The average Bonchev–Trinajstić information content (AvgIpc) is 3.23. The Morgan fingerprint density at radius 1 is 1.03 bits per heavy atom. The highest BCUT2D eigenvalue weighted by molar-refractivity contribution is 7.80. The van der Waals surface area contributed by atoms with Crippen molar-refractivity contribution in [2.24, 2.45) is 0 Å². The number of nitrogens with zero attached hydrogens (tertiary/aromatic N) is 1. The van der Waals surface area contributed by atoms with E-state index >= 15 is 0 Å². The molecule has 0 saturated carbocycles. The summed E-state index contributed by atoms with van der Waals surface area (Å²) in [6.45, 7) is 4.75. The van der Waals surface area contributed by atoms with Gasteiger partial charge >= 0.3 is 0 Å². The van der Waals surface area contributed by atoms with Gasteiger partial charge in [-0.05, 0) is 71.7 Å². The maximum Gasteiger partial charge on any atom is 0.257 e. The van der Waals surface area contributed by atoms with E-state index in [1.165, 1.54) is 11.6 Å². The van der Waals surface area contributed by atoms with Crippen LogP contribution in [0, 0.1) is 0 Å². The van der Waals surface area contributed by atoms with Crippen molar-refractivity contribution in [3.63, 3.8) is 0 Å². The van der Waals surface area contributed by atoms with Crippen molar-refractivity contribution in [1.29, 1.82) is 0 Å². The highest BCUT2D eigenvalue weighted by atomic mass is 35.5. The van der Waals surface area contributed by atoms with Crippen molar-refractivity contribution in [3.05, 3.63) is 87.4 Å². The summed E-state index contributed by atoms with van der Waals surface area (Å²) in [5, 5.41) is 6.57. The van der Waals surface area contributed by atoms with Crippen LogP contribution in [0.2, 0.25) is 10.0 Å². The number of aromatic nitrogens is 1. The van der Waals surface area contributed by atoms with Crippen molar-refractivity contribution in [1.82, 2.24) is 15.6 Å². The molecule has 0 unspecified atom stereocenters. The largest absolute Gasteiger partial charge is 0.436 e. The zero-order valence-electron chi connectivity index (χ0n) is 18.0. The lowest BCUT2D eigenvalue weighted by molar-refractivity contribution is 0.0976. The van der Waals surface area contributed by atoms with Gasteiger partial charge in [-0.3, -0.25) is 10.1 Å². The molecule has 0 aliphatic heterocycles. The Morgan fingerprint density at radius 2 is 1.79 bits per heavy atom. The first-order valence-corrected chi connectivity index (χ1v) is 11.5. The van der Waals surface area contributed by atoms with E-state index < -0.39 is 0 Å². The van der Waals surface area contributed by atoms with Crippen LogP contribution in [0.1, 0.15) is 41.3 Å². The number of hydrogen-bond acceptors (Lipinski definition) is 4. The topological polar surface area (TPSA) is 67.2 Å². The molecule has 0 saturated heterocycles. The summed E-state index contributed by atoms with van der Waals surface area (Å²) >= 11 is 17.1. The van der Waals surface area contributed by atoms with E-state index in [0.29, 0.717) is 34.0 Å². The Balaban J connectivity index is 1.36. The molecule has 8 heteroatoms. The highest BCUT2D eigenvalue weighted by Crippen LogP contribution is 2.27. The molecule has 2 N–H and O–H groups in total. The van der Waals surface area contributed by atoms with Crippen LogP contribution in [0.3, 0.4) is 0 Å². The Kier molecular flexibility index (Phi) is 6.98. The van der Waals surface area contributed by atoms with Gasteiger partial charge in [0, 0.05) is 17.7 Å². The summed E-state index contributed by atoms with van der Waals surface area (Å²) in [5.74, 6) is 0.647. The maximum atomic E-state index is 12.3. The number of halogens is 2. The van der Waals surface area contributed by atoms with Gasteiger partial charge < -0.3 is 9.73 Å². The van der Waals surface area contributed by atoms with Gasteiger partial charge in [0.15, 0.2) is 10.7 Å². The number of nitrogens with one attached hydrogen (secondary N) is 2. The molecule has 0 aliphatic carbocycles. The van der Waals surface area contributed by atoms with E-state index in [1.807, 2.05) is 30.3 Å². The minimum absolute atomic E-state index is 0.218. The Morgan fingerprint density at radius 3 is 2.48 bits per heavy atom. The third kappa shape index (κ3) is 5.53. The van der Waals surface area contributed by atoms with Gasteiger partial charge in [-0.1, -0.05) is 55.2 Å². The van der Waals surface area contributed by atoms with Crippen molar-refractivity contribution in [2.75, 3.05) is 0 Å². The molecule has 4 aromatic rings. The summed E-state index contributed by atoms with van der Waals surface area (Å²) in [6.07, 6.45) is 0. The lowest BCUT2D eigenvalue weighted by Crippen LogP contribution is -2.38. The third-order valence-corrected chi connectivity index (χ3v) is 6.13. The normalized spacial score (nSPS) is 11.1. The molecule has 0 radical (unpaired) electrons. The summed E-state index contributed by atoms with van der Waals surface area (Å²) in [4.78, 5) is 16.9.